The Bertz CT molecular complexity index is 238. The molecule has 0 spiro atoms. The first-order chi connectivity index (χ1) is 7.43. The standard InChI is InChI=1S/C7H8S.C3H4S2.C2H6/c1-8-7-5-3-2-4-6-7;1-2-4-5-3-1;1-2/h2-6H,1H3;1-2H,3H2;1-2H3. The summed E-state index contributed by atoms with van der Waals surface area (Å²) >= 11 is 1.77. The Kier molecular flexibility index (Phi) is 12.1. The minimum Gasteiger partial charge on any atom is -0.130 e. The average Bonchev–Trinajstić information content (AvgIpc) is 2.92. The minimum absolute atomic E-state index is 1.20. The van der Waals surface area contributed by atoms with E-state index in [-0.39, 0.29) is 0 Å². The summed E-state index contributed by atoms with van der Waals surface area (Å²) in [4.78, 5) is 1.33. The lowest BCUT2D eigenvalue weighted by Gasteiger charge is -1.89. The lowest BCUT2D eigenvalue weighted by Crippen LogP contribution is -1.62. The van der Waals surface area contributed by atoms with E-state index in [4.69, 9.17) is 0 Å². The molecule has 1 aliphatic rings. The SMILES string of the molecule is C1=CSSC1.CC.CSc1ccccc1. The molecule has 2 rings (SSSR count). The van der Waals surface area contributed by atoms with Crippen LogP contribution in [0.1, 0.15) is 13.8 Å². The van der Waals surface area contributed by atoms with Crippen LogP contribution in [0.4, 0.5) is 0 Å². The zero-order valence-electron chi connectivity index (χ0n) is 9.47. The van der Waals surface area contributed by atoms with E-state index in [0.717, 1.165) is 0 Å². The average molecular weight is 258 g/mol. The predicted molar refractivity (Wildman–Crippen MR) is 78.8 cm³/mol. The smallest absolute Gasteiger partial charge is 0.0229 e. The molecule has 1 heterocycles. The van der Waals surface area contributed by atoms with Crippen LogP contribution in [0.25, 0.3) is 0 Å². The zero-order valence-corrected chi connectivity index (χ0v) is 11.9. The molecule has 0 fully saturated rings. The summed E-state index contributed by atoms with van der Waals surface area (Å²) < 4.78 is 0. The van der Waals surface area contributed by atoms with Crippen LogP contribution in [0.3, 0.4) is 0 Å². The van der Waals surface area contributed by atoms with Gasteiger partial charge in [-0.15, -0.1) is 11.8 Å². The van der Waals surface area contributed by atoms with Gasteiger partial charge in [-0.2, -0.15) is 0 Å². The number of hydrogen-bond acceptors (Lipinski definition) is 3. The number of hydrogen-bond donors (Lipinski definition) is 0. The normalized spacial score (nSPS) is 12.2. The van der Waals surface area contributed by atoms with Crippen molar-refractivity contribution in [2.45, 2.75) is 18.7 Å². The van der Waals surface area contributed by atoms with Crippen LogP contribution >= 0.6 is 33.3 Å². The maximum atomic E-state index is 2.16. The molecular formula is C12H18S3. The summed E-state index contributed by atoms with van der Waals surface area (Å²) in [5.74, 6) is 1.20. The zero-order chi connectivity index (χ0) is 11.4. The van der Waals surface area contributed by atoms with Gasteiger partial charge in [-0.05, 0) is 23.8 Å². The largest absolute Gasteiger partial charge is 0.130 e. The molecule has 0 atom stereocenters. The van der Waals surface area contributed by atoms with Crippen molar-refractivity contribution in [1.82, 2.24) is 0 Å². The van der Waals surface area contributed by atoms with Gasteiger partial charge in [-0.25, -0.2) is 0 Å². The maximum Gasteiger partial charge on any atom is 0.0229 e. The first-order valence-corrected chi connectivity index (χ1v) is 8.56. The van der Waals surface area contributed by atoms with Gasteiger partial charge in [0.05, 0.1) is 0 Å². The molecule has 0 aliphatic carbocycles. The summed E-state index contributed by atoms with van der Waals surface area (Å²) in [7, 11) is 3.69. The van der Waals surface area contributed by atoms with Gasteiger partial charge in [0.2, 0.25) is 0 Å². The van der Waals surface area contributed by atoms with Crippen molar-refractivity contribution in [2.24, 2.45) is 0 Å². The van der Waals surface area contributed by atoms with E-state index in [9.17, 15) is 0 Å². The Hall–Kier alpha value is 0.01000. The number of benzene rings is 1. The minimum atomic E-state index is 1.20. The first kappa shape index (κ1) is 15.0. The van der Waals surface area contributed by atoms with Gasteiger partial charge in [0.25, 0.3) is 0 Å². The highest BCUT2D eigenvalue weighted by molar-refractivity contribution is 8.78. The monoisotopic (exact) mass is 258 g/mol. The first-order valence-electron chi connectivity index (χ1n) is 4.96. The highest BCUT2D eigenvalue weighted by atomic mass is 33.1. The quantitative estimate of drug-likeness (QED) is 0.493. The summed E-state index contributed by atoms with van der Waals surface area (Å²) in [6.45, 7) is 4.00. The summed E-state index contributed by atoms with van der Waals surface area (Å²) in [5.41, 5.74) is 0. The fourth-order valence-electron chi connectivity index (χ4n) is 0.753. The molecule has 0 nitrogen and oxygen atoms in total. The molecule has 1 aromatic rings. The third-order valence-corrected chi connectivity index (χ3v) is 4.02. The number of thioether (sulfide) groups is 1. The molecule has 0 bridgehead atoms. The molecule has 0 saturated heterocycles. The van der Waals surface area contributed by atoms with Gasteiger partial charge in [-0.1, -0.05) is 59.7 Å². The molecule has 0 N–H and O–H groups in total. The van der Waals surface area contributed by atoms with Gasteiger partial charge < -0.3 is 0 Å². The Labute approximate surface area is 106 Å². The van der Waals surface area contributed by atoms with Crippen LogP contribution in [0.2, 0.25) is 0 Å². The van der Waals surface area contributed by atoms with Crippen LogP contribution < -0.4 is 0 Å². The van der Waals surface area contributed by atoms with Crippen molar-refractivity contribution in [1.29, 1.82) is 0 Å². The van der Waals surface area contributed by atoms with Crippen molar-refractivity contribution < 1.29 is 0 Å². The van der Waals surface area contributed by atoms with Crippen molar-refractivity contribution in [2.75, 3.05) is 12.0 Å². The van der Waals surface area contributed by atoms with Gasteiger partial charge in [0.15, 0.2) is 0 Å². The van der Waals surface area contributed by atoms with Gasteiger partial charge in [0, 0.05) is 10.6 Å². The summed E-state index contributed by atoms with van der Waals surface area (Å²) in [5, 5.41) is 2.12. The molecule has 3 heteroatoms. The van der Waals surface area contributed by atoms with E-state index in [1.807, 2.05) is 53.6 Å². The second-order valence-electron chi connectivity index (χ2n) is 2.27. The highest BCUT2D eigenvalue weighted by Gasteiger charge is 1.86. The van der Waals surface area contributed by atoms with Gasteiger partial charge in [-0.3, -0.25) is 0 Å². The third kappa shape index (κ3) is 8.97. The molecule has 1 aromatic carbocycles. The lowest BCUT2D eigenvalue weighted by molar-refractivity contribution is 1.47. The third-order valence-electron chi connectivity index (χ3n) is 1.36. The molecular weight excluding hydrogens is 240 g/mol. The summed E-state index contributed by atoms with van der Waals surface area (Å²) in [6, 6.07) is 10.3. The lowest BCUT2D eigenvalue weighted by atomic mass is 10.4. The molecule has 84 valence electrons. The topological polar surface area (TPSA) is 0 Å². The highest BCUT2D eigenvalue weighted by Crippen LogP contribution is 2.27. The molecule has 15 heavy (non-hydrogen) atoms. The molecule has 0 amide bonds. The van der Waals surface area contributed by atoms with Crippen molar-refractivity contribution in [3.63, 3.8) is 0 Å². The molecule has 0 saturated carbocycles. The molecule has 0 unspecified atom stereocenters. The second-order valence-corrected chi connectivity index (χ2v) is 5.47. The van der Waals surface area contributed by atoms with Crippen LogP contribution in [0, 0.1) is 0 Å². The van der Waals surface area contributed by atoms with E-state index < -0.39 is 0 Å². The van der Waals surface area contributed by atoms with Crippen LogP contribution in [0.5, 0.6) is 0 Å². The van der Waals surface area contributed by atoms with Crippen molar-refractivity contribution in [3.05, 3.63) is 41.8 Å². The van der Waals surface area contributed by atoms with Crippen LogP contribution in [-0.2, 0) is 0 Å². The fraction of sp³-hybridized carbons (Fsp3) is 0.333. The van der Waals surface area contributed by atoms with E-state index in [1.54, 1.807) is 11.8 Å². The van der Waals surface area contributed by atoms with E-state index >= 15 is 0 Å². The maximum absolute atomic E-state index is 2.16. The summed E-state index contributed by atoms with van der Waals surface area (Å²) in [6.07, 6.45) is 4.24. The Morgan fingerprint density at radius 3 is 2.07 bits per heavy atom. The molecule has 0 radical (unpaired) electrons. The van der Waals surface area contributed by atoms with Crippen molar-refractivity contribution in [3.8, 4) is 0 Å². The van der Waals surface area contributed by atoms with Gasteiger partial charge >= 0.3 is 0 Å². The Morgan fingerprint density at radius 1 is 1.13 bits per heavy atom. The Morgan fingerprint density at radius 2 is 1.80 bits per heavy atom. The van der Waals surface area contributed by atoms with Gasteiger partial charge in [0.1, 0.15) is 0 Å². The van der Waals surface area contributed by atoms with E-state index in [2.05, 4.69) is 29.9 Å². The van der Waals surface area contributed by atoms with E-state index in [0.29, 0.717) is 0 Å². The number of rotatable bonds is 1. The predicted octanol–water partition coefficient (Wildman–Crippen LogP) is 5.33. The molecule has 0 aromatic heterocycles. The van der Waals surface area contributed by atoms with Crippen LogP contribution in [0.15, 0.2) is 46.7 Å². The van der Waals surface area contributed by atoms with Crippen molar-refractivity contribution >= 4 is 33.3 Å². The Balaban J connectivity index is 0.000000241. The fourth-order valence-corrected chi connectivity index (χ4v) is 2.75. The van der Waals surface area contributed by atoms with Crippen LogP contribution in [-0.4, -0.2) is 12.0 Å². The van der Waals surface area contributed by atoms with E-state index in [1.165, 1.54) is 10.6 Å². The second kappa shape index (κ2) is 12.1. The molecule has 1 aliphatic heterocycles.